The monoisotopic (exact) mass is 366 g/mol. The van der Waals surface area contributed by atoms with Gasteiger partial charge in [-0.1, -0.05) is 23.7 Å². The molecule has 6 nitrogen and oxygen atoms in total. The topological polar surface area (TPSA) is 81.3 Å². The number of halogens is 1. The van der Waals surface area contributed by atoms with Gasteiger partial charge in [-0.2, -0.15) is 0 Å². The summed E-state index contributed by atoms with van der Waals surface area (Å²) in [6.45, 7) is 2.40. The van der Waals surface area contributed by atoms with Crippen LogP contribution in [0, 0.1) is 0 Å². The highest BCUT2D eigenvalue weighted by Gasteiger charge is 2.17. The van der Waals surface area contributed by atoms with E-state index in [-0.39, 0.29) is 17.0 Å². The minimum Gasteiger partial charge on any atom is -0.408 e. The average Bonchev–Trinajstić information content (AvgIpc) is 2.88. The Morgan fingerprint density at radius 2 is 1.88 bits per heavy atom. The molecule has 0 atom stereocenters. The van der Waals surface area contributed by atoms with E-state index in [2.05, 4.69) is 4.72 Å². The van der Waals surface area contributed by atoms with Crippen LogP contribution in [0.25, 0.3) is 11.1 Å². The zero-order valence-corrected chi connectivity index (χ0v) is 14.4. The average molecular weight is 367 g/mol. The molecule has 0 spiro atoms. The highest BCUT2D eigenvalue weighted by molar-refractivity contribution is 7.89. The Labute approximate surface area is 143 Å². The molecule has 0 aliphatic carbocycles. The molecule has 0 radical (unpaired) electrons. The van der Waals surface area contributed by atoms with Gasteiger partial charge in [0.25, 0.3) is 0 Å². The van der Waals surface area contributed by atoms with Crippen LogP contribution in [-0.4, -0.2) is 13.0 Å². The number of aromatic nitrogens is 1. The van der Waals surface area contributed by atoms with Crippen LogP contribution in [0.2, 0.25) is 5.02 Å². The van der Waals surface area contributed by atoms with Gasteiger partial charge in [-0.25, -0.2) is 17.9 Å². The van der Waals surface area contributed by atoms with Gasteiger partial charge < -0.3 is 4.42 Å². The van der Waals surface area contributed by atoms with E-state index in [0.29, 0.717) is 17.1 Å². The summed E-state index contributed by atoms with van der Waals surface area (Å²) < 4.78 is 33.9. The Morgan fingerprint density at radius 3 is 2.54 bits per heavy atom. The Morgan fingerprint density at radius 1 is 1.17 bits per heavy atom. The number of hydrogen-bond acceptors (Lipinski definition) is 4. The Bertz CT molecular complexity index is 1040. The third-order valence-corrected chi connectivity index (χ3v) is 5.30. The van der Waals surface area contributed by atoms with Gasteiger partial charge in [-0.15, -0.1) is 0 Å². The molecule has 3 rings (SSSR count). The van der Waals surface area contributed by atoms with Crippen molar-refractivity contribution in [2.75, 3.05) is 0 Å². The first-order valence-electron chi connectivity index (χ1n) is 7.28. The van der Waals surface area contributed by atoms with E-state index in [0.717, 1.165) is 5.56 Å². The number of hydrogen-bond donors (Lipinski definition) is 1. The van der Waals surface area contributed by atoms with Gasteiger partial charge in [-0.3, -0.25) is 4.57 Å². The normalized spacial score (nSPS) is 11.9. The summed E-state index contributed by atoms with van der Waals surface area (Å²) >= 11 is 5.80. The van der Waals surface area contributed by atoms with Crippen molar-refractivity contribution in [3.8, 4) is 0 Å². The summed E-state index contributed by atoms with van der Waals surface area (Å²) in [5.41, 5.74) is 1.60. The number of nitrogens with zero attached hydrogens (tertiary/aromatic N) is 1. The van der Waals surface area contributed by atoms with E-state index in [4.69, 9.17) is 16.0 Å². The van der Waals surface area contributed by atoms with Crippen molar-refractivity contribution >= 4 is 32.7 Å². The van der Waals surface area contributed by atoms with Crippen molar-refractivity contribution < 1.29 is 12.8 Å². The smallest absolute Gasteiger partial charge is 0.408 e. The van der Waals surface area contributed by atoms with Gasteiger partial charge in [0.05, 0.1) is 10.4 Å². The van der Waals surface area contributed by atoms with Crippen LogP contribution in [0.5, 0.6) is 0 Å². The first-order valence-corrected chi connectivity index (χ1v) is 9.14. The lowest BCUT2D eigenvalue weighted by atomic mass is 10.2. The summed E-state index contributed by atoms with van der Waals surface area (Å²) in [5.74, 6) is -0.504. The van der Waals surface area contributed by atoms with Crippen LogP contribution >= 0.6 is 11.6 Å². The molecule has 2 aromatic carbocycles. The number of rotatable bonds is 5. The number of oxazole rings is 1. The van der Waals surface area contributed by atoms with Crippen LogP contribution in [0.15, 0.2) is 56.6 Å². The van der Waals surface area contributed by atoms with Gasteiger partial charge in [0.2, 0.25) is 10.0 Å². The molecule has 0 saturated heterocycles. The zero-order chi connectivity index (χ0) is 17.3. The molecule has 24 heavy (non-hydrogen) atoms. The molecule has 8 heteroatoms. The molecule has 1 aromatic heterocycles. The lowest BCUT2D eigenvalue weighted by molar-refractivity contribution is 0.512. The van der Waals surface area contributed by atoms with Crippen LogP contribution < -0.4 is 10.5 Å². The molecule has 1 N–H and O–H groups in total. The highest BCUT2D eigenvalue weighted by Crippen LogP contribution is 2.19. The van der Waals surface area contributed by atoms with Gasteiger partial charge in [0.15, 0.2) is 5.58 Å². The summed E-state index contributed by atoms with van der Waals surface area (Å²) in [5, 5.41) is 0.586. The third-order valence-electron chi connectivity index (χ3n) is 3.65. The second-order valence-corrected chi connectivity index (χ2v) is 7.40. The van der Waals surface area contributed by atoms with Crippen molar-refractivity contribution in [3.05, 3.63) is 63.6 Å². The Balaban J connectivity index is 1.87. The predicted molar refractivity (Wildman–Crippen MR) is 91.6 cm³/mol. The molecule has 0 amide bonds. The molecule has 0 unspecified atom stereocenters. The number of benzene rings is 2. The van der Waals surface area contributed by atoms with E-state index in [1.165, 1.54) is 16.7 Å². The molecule has 0 bridgehead atoms. The molecule has 3 aromatic rings. The minimum atomic E-state index is -3.72. The van der Waals surface area contributed by atoms with E-state index in [1.807, 2.05) is 6.92 Å². The maximum absolute atomic E-state index is 12.4. The summed E-state index contributed by atoms with van der Waals surface area (Å²) in [7, 11) is -3.72. The molecule has 0 saturated carbocycles. The fourth-order valence-electron chi connectivity index (χ4n) is 2.38. The standard InChI is InChI=1S/C16H15ClN2O4S/c1-2-19-14-8-7-13(9-15(14)23-16(19)20)24(21,22)18-10-11-3-5-12(17)6-4-11/h3-9,18H,2,10H2,1H3. The SMILES string of the molecule is CCn1c(=O)oc2cc(S(=O)(=O)NCc3ccc(Cl)cc3)ccc21. The highest BCUT2D eigenvalue weighted by atomic mass is 35.5. The predicted octanol–water partition coefficient (Wildman–Crippen LogP) is 2.75. The third kappa shape index (κ3) is 3.24. The molecule has 0 fully saturated rings. The van der Waals surface area contributed by atoms with E-state index < -0.39 is 15.8 Å². The van der Waals surface area contributed by atoms with Crippen molar-refractivity contribution in [2.24, 2.45) is 0 Å². The summed E-state index contributed by atoms with van der Waals surface area (Å²) in [6, 6.07) is 11.3. The van der Waals surface area contributed by atoms with Crippen LogP contribution in [-0.2, 0) is 23.1 Å². The van der Waals surface area contributed by atoms with Gasteiger partial charge in [-0.05, 0) is 36.8 Å². The molecule has 0 aliphatic rings. The first kappa shape index (κ1) is 16.8. The first-order chi connectivity index (χ1) is 11.4. The number of aryl methyl sites for hydroxylation is 1. The lowest BCUT2D eigenvalue weighted by Crippen LogP contribution is -2.23. The van der Waals surface area contributed by atoms with E-state index >= 15 is 0 Å². The zero-order valence-electron chi connectivity index (χ0n) is 12.8. The van der Waals surface area contributed by atoms with Crippen molar-refractivity contribution in [1.82, 2.24) is 9.29 Å². The van der Waals surface area contributed by atoms with Crippen LogP contribution in [0.3, 0.4) is 0 Å². The summed E-state index contributed by atoms with van der Waals surface area (Å²) in [6.07, 6.45) is 0. The van der Waals surface area contributed by atoms with Gasteiger partial charge >= 0.3 is 5.76 Å². The van der Waals surface area contributed by atoms with E-state index in [1.54, 1.807) is 30.3 Å². The van der Waals surface area contributed by atoms with Crippen molar-refractivity contribution in [2.45, 2.75) is 24.9 Å². The fraction of sp³-hybridized carbons (Fsp3) is 0.188. The van der Waals surface area contributed by atoms with Crippen LogP contribution in [0.4, 0.5) is 0 Å². The molecular formula is C16H15ClN2O4S. The molecule has 126 valence electrons. The van der Waals surface area contributed by atoms with E-state index in [9.17, 15) is 13.2 Å². The minimum absolute atomic E-state index is 0.0426. The number of fused-ring (bicyclic) bond motifs is 1. The van der Waals surface area contributed by atoms with Gasteiger partial charge in [0.1, 0.15) is 0 Å². The largest absolute Gasteiger partial charge is 0.419 e. The summed E-state index contributed by atoms with van der Waals surface area (Å²) in [4.78, 5) is 11.7. The lowest BCUT2D eigenvalue weighted by Gasteiger charge is -2.07. The Hall–Kier alpha value is -2.09. The number of sulfonamides is 1. The van der Waals surface area contributed by atoms with Crippen molar-refractivity contribution in [1.29, 1.82) is 0 Å². The fourth-order valence-corrected chi connectivity index (χ4v) is 3.54. The molecule has 1 heterocycles. The Kier molecular flexibility index (Phi) is 4.49. The van der Waals surface area contributed by atoms with Gasteiger partial charge in [0, 0.05) is 24.2 Å². The quantitative estimate of drug-likeness (QED) is 0.752. The van der Waals surface area contributed by atoms with Crippen molar-refractivity contribution in [3.63, 3.8) is 0 Å². The molecular weight excluding hydrogens is 352 g/mol. The van der Waals surface area contributed by atoms with Crippen LogP contribution in [0.1, 0.15) is 12.5 Å². The second kappa shape index (κ2) is 6.43. The maximum atomic E-state index is 12.4. The number of nitrogens with one attached hydrogen (secondary N) is 1. The second-order valence-electron chi connectivity index (χ2n) is 5.19. The maximum Gasteiger partial charge on any atom is 0.419 e. The molecule has 0 aliphatic heterocycles.